The van der Waals surface area contributed by atoms with Crippen molar-refractivity contribution in [2.75, 3.05) is 12.4 Å². The fourth-order valence-electron chi connectivity index (χ4n) is 2.52. The SMILES string of the molecule is C=CCSc1ncnc2c1ccn2C1OC(CO)C(O)C1O. The third-order valence-electron chi connectivity index (χ3n) is 3.60. The minimum Gasteiger partial charge on any atom is -0.394 e. The van der Waals surface area contributed by atoms with E-state index in [0.29, 0.717) is 5.65 Å². The Morgan fingerprint density at radius 3 is 2.86 bits per heavy atom. The highest BCUT2D eigenvalue weighted by Crippen LogP contribution is 2.33. The Morgan fingerprint density at radius 2 is 2.18 bits per heavy atom. The normalized spacial score (nSPS) is 28.3. The fraction of sp³-hybridized carbons (Fsp3) is 0.429. The molecule has 0 radical (unpaired) electrons. The molecular weight excluding hydrogens is 306 g/mol. The second kappa shape index (κ2) is 6.35. The third-order valence-corrected chi connectivity index (χ3v) is 4.60. The maximum atomic E-state index is 10.1. The number of aliphatic hydroxyl groups is 3. The molecule has 22 heavy (non-hydrogen) atoms. The highest BCUT2D eigenvalue weighted by molar-refractivity contribution is 7.99. The van der Waals surface area contributed by atoms with Gasteiger partial charge >= 0.3 is 0 Å². The molecule has 0 bridgehead atoms. The summed E-state index contributed by atoms with van der Waals surface area (Å²) < 4.78 is 7.19. The first-order chi connectivity index (χ1) is 10.7. The van der Waals surface area contributed by atoms with Crippen molar-refractivity contribution in [3.05, 3.63) is 31.2 Å². The van der Waals surface area contributed by atoms with E-state index in [1.165, 1.54) is 18.1 Å². The van der Waals surface area contributed by atoms with Crippen molar-refractivity contribution in [3.8, 4) is 0 Å². The van der Waals surface area contributed by atoms with Crippen LogP contribution in [-0.2, 0) is 4.74 Å². The van der Waals surface area contributed by atoms with E-state index in [0.717, 1.165) is 16.2 Å². The minimum absolute atomic E-state index is 0.358. The smallest absolute Gasteiger partial charge is 0.164 e. The molecule has 2 aromatic rings. The van der Waals surface area contributed by atoms with Gasteiger partial charge in [0, 0.05) is 11.9 Å². The van der Waals surface area contributed by atoms with Gasteiger partial charge in [-0.2, -0.15) is 0 Å². The van der Waals surface area contributed by atoms with Crippen molar-refractivity contribution < 1.29 is 20.1 Å². The summed E-state index contributed by atoms with van der Waals surface area (Å²) in [5.74, 6) is 0.727. The molecule has 4 atom stereocenters. The predicted octanol–water partition coefficient (Wildman–Crippen LogP) is 0.321. The summed E-state index contributed by atoms with van der Waals surface area (Å²) in [7, 11) is 0. The Balaban J connectivity index is 1.97. The molecule has 0 aliphatic carbocycles. The first kappa shape index (κ1) is 15.4. The highest BCUT2D eigenvalue weighted by atomic mass is 32.2. The number of rotatable bonds is 5. The van der Waals surface area contributed by atoms with E-state index >= 15 is 0 Å². The van der Waals surface area contributed by atoms with Crippen LogP contribution in [0, 0.1) is 0 Å². The van der Waals surface area contributed by atoms with Crippen LogP contribution in [0.3, 0.4) is 0 Å². The van der Waals surface area contributed by atoms with Crippen LogP contribution in [0.15, 0.2) is 36.3 Å². The average molecular weight is 323 g/mol. The average Bonchev–Trinajstić information content (AvgIpc) is 3.08. The number of ether oxygens (including phenoxy) is 1. The van der Waals surface area contributed by atoms with Crippen LogP contribution in [-0.4, -0.2) is 60.5 Å². The maximum Gasteiger partial charge on any atom is 0.164 e. The van der Waals surface area contributed by atoms with Crippen LogP contribution in [0.1, 0.15) is 6.23 Å². The molecule has 1 aliphatic heterocycles. The molecule has 1 fully saturated rings. The van der Waals surface area contributed by atoms with Crippen molar-refractivity contribution in [2.24, 2.45) is 0 Å². The van der Waals surface area contributed by atoms with E-state index in [1.807, 2.05) is 6.07 Å². The standard InChI is InChI=1S/C14H17N3O4S/c1-2-5-22-13-8-3-4-17(12(8)15-7-16-13)14-11(20)10(19)9(6-18)21-14/h2-4,7,9-11,14,18-20H,1,5-6H2. The number of aromatic nitrogens is 3. The molecule has 0 saturated carbocycles. The lowest BCUT2D eigenvalue weighted by atomic mass is 10.1. The van der Waals surface area contributed by atoms with Crippen molar-refractivity contribution in [3.63, 3.8) is 0 Å². The van der Waals surface area contributed by atoms with Gasteiger partial charge in [-0.3, -0.25) is 0 Å². The number of hydrogen-bond acceptors (Lipinski definition) is 7. The number of nitrogens with zero attached hydrogens (tertiary/aromatic N) is 3. The van der Waals surface area contributed by atoms with Gasteiger partial charge in [0.25, 0.3) is 0 Å². The maximum absolute atomic E-state index is 10.1. The second-order valence-electron chi connectivity index (χ2n) is 4.97. The molecule has 0 aromatic carbocycles. The minimum atomic E-state index is -1.14. The number of aliphatic hydroxyl groups excluding tert-OH is 3. The first-order valence-corrected chi connectivity index (χ1v) is 7.83. The lowest BCUT2D eigenvalue weighted by Crippen LogP contribution is -2.33. The highest BCUT2D eigenvalue weighted by Gasteiger charge is 2.43. The monoisotopic (exact) mass is 323 g/mol. The predicted molar refractivity (Wildman–Crippen MR) is 81.5 cm³/mol. The molecule has 0 amide bonds. The summed E-state index contributed by atoms with van der Waals surface area (Å²) in [4.78, 5) is 8.49. The Labute approximate surface area is 131 Å². The molecular formula is C14H17N3O4S. The van der Waals surface area contributed by atoms with Gasteiger partial charge in [0.05, 0.1) is 12.0 Å². The van der Waals surface area contributed by atoms with E-state index in [4.69, 9.17) is 4.74 Å². The van der Waals surface area contributed by atoms with Gasteiger partial charge in [-0.15, -0.1) is 18.3 Å². The lowest BCUT2D eigenvalue weighted by Gasteiger charge is -2.17. The zero-order chi connectivity index (χ0) is 15.7. The van der Waals surface area contributed by atoms with Gasteiger partial charge in [-0.25, -0.2) is 9.97 Å². The van der Waals surface area contributed by atoms with E-state index < -0.39 is 24.5 Å². The van der Waals surface area contributed by atoms with Gasteiger partial charge in [-0.1, -0.05) is 6.08 Å². The molecule has 8 heteroatoms. The zero-order valence-electron chi connectivity index (χ0n) is 11.7. The Morgan fingerprint density at radius 1 is 1.36 bits per heavy atom. The summed E-state index contributed by atoms with van der Waals surface area (Å²) in [5, 5.41) is 30.8. The van der Waals surface area contributed by atoms with Crippen molar-refractivity contribution in [1.82, 2.24) is 14.5 Å². The molecule has 3 heterocycles. The van der Waals surface area contributed by atoms with Crippen LogP contribution < -0.4 is 0 Å². The van der Waals surface area contributed by atoms with Crippen LogP contribution >= 0.6 is 11.8 Å². The molecule has 3 N–H and O–H groups in total. The van der Waals surface area contributed by atoms with Crippen molar-refractivity contribution in [1.29, 1.82) is 0 Å². The zero-order valence-corrected chi connectivity index (χ0v) is 12.6. The van der Waals surface area contributed by atoms with Crippen LogP contribution in [0.5, 0.6) is 0 Å². The first-order valence-electron chi connectivity index (χ1n) is 6.85. The molecule has 7 nitrogen and oxygen atoms in total. The Hall–Kier alpha value is -1.45. The number of hydrogen-bond donors (Lipinski definition) is 3. The van der Waals surface area contributed by atoms with Crippen molar-refractivity contribution >= 4 is 22.8 Å². The van der Waals surface area contributed by atoms with Gasteiger partial charge < -0.3 is 24.6 Å². The molecule has 4 unspecified atom stereocenters. The largest absolute Gasteiger partial charge is 0.394 e. The topological polar surface area (TPSA) is 101 Å². The van der Waals surface area contributed by atoms with Gasteiger partial charge in [0.1, 0.15) is 35.3 Å². The lowest BCUT2D eigenvalue weighted by molar-refractivity contribution is -0.0508. The van der Waals surface area contributed by atoms with Gasteiger partial charge in [-0.05, 0) is 6.07 Å². The van der Waals surface area contributed by atoms with Gasteiger partial charge in [0.15, 0.2) is 6.23 Å². The molecule has 1 saturated heterocycles. The Kier molecular flexibility index (Phi) is 4.46. The van der Waals surface area contributed by atoms with Gasteiger partial charge in [0.2, 0.25) is 0 Å². The molecule has 2 aromatic heterocycles. The fourth-order valence-corrected chi connectivity index (χ4v) is 3.23. The summed E-state index contributed by atoms with van der Waals surface area (Å²) in [6, 6.07) is 1.84. The third kappa shape index (κ3) is 2.53. The van der Waals surface area contributed by atoms with Crippen LogP contribution in [0.2, 0.25) is 0 Å². The summed E-state index contributed by atoms with van der Waals surface area (Å²) >= 11 is 1.54. The summed E-state index contributed by atoms with van der Waals surface area (Å²) in [5.41, 5.74) is 0.608. The quantitative estimate of drug-likeness (QED) is 0.414. The molecule has 118 valence electrons. The summed E-state index contributed by atoms with van der Waals surface area (Å²) in [6.45, 7) is 3.33. The van der Waals surface area contributed by atoms with E-state index in [9.17, 15) is 15.3 Å². The Bertz CT molecular complexity index is 677. The van der Waals surface area contributed by atoms with Crippen LogP contribution in [0.4, 0.5) is 0 Å². The van der Waals surface area contributed by atoms with E-state index in [2.05, 4.69) is 16.5 Å². The van der Waals surface area contributed by atoms with Crippen LogP contribution in [0.25, 0.3) is 11.0 Å². The van der Waals surface area contributed by atoms with E-state index in [-0.39, 0.29) is 6.61 Å². The van der Waals surface area contributed by atoms with E-state index in [1.54, 1.807) is 16.8 Å². The molecule has 0 spiro atoms. The molecule has 3 rings (SSSR count). The number of thioether (sulfide) groups is 1. The van der Waals surface area contributed by atoms with Crippen molar-refractivity contribution in [2.45, 2.75) is 29.6 Å². The molecule has 1 aliphatic rings. The second-order valence-corrected chi connectivity index (χ2v) is 5.98. The summed E-state index contributed by atoms with van der Waals surface area (Å²) in [6.07, 6.45) is 1.10. The number of fused-ring (bicyclic) bond motifs is 1.